The summed E-state index contributed by atoms with van der Waals surface area (Å²) in [6.45, 7) is -0.0491. The van der Waals surface area contributed by atoms with E-state index in [0.29, 0.717) is 28.3 Å². The fraction of sp³-hybridized carbons (Fsp3) is 0.360. The predicted molar refractivity (Wildman–Crippen MR) is 126 cm³/mol. The first-order chi connectivity index (χ1) is 16.4. The number of nitrogens with zero attached hydrogens (tertiary/aromatic N) is 3. The first-order valence-corrected chi connectivity index (χ1v) is 11.9. The van der Waals surface area contributed by atoms with E-state index in [2.05, 4.69) is 10.4 Å². The van der Waals surface area contributed by atoms with E-state index in [1.807, 2.05) is 30.3 Å². The van der Waals surface area contributed by atoms with Gasteiger partial charge in [0.1, 0.15) is 12.6 Å². The molecule has 3 aliphatic rings. The number of likely N-dealkylation sites (tertiary alicyclic amines) is 1. The van der Waals surface area contributed by atoms with E-state index in [4.69, 9.17) is 17.3 Å². The number of carbonyl (C=O) groups excluding carboxylic acids is 3. The topological polar surface area (TPSA) is 110 Å². The molecule has 9 heteroatoms. The number of para-hydroxylation sites is 1. The molecule has 2 aliphatic carbocycles. The molecule has 1 aromatic heterocycles. The van der Waals surface area contributed by atoms with Gasteiger partial charge in [-0.25, -0.2) is 0 Å². The average molecular weight is 478 g/mol. The Hall–Kier alpha value is -3.39. The van der Waals surface area contributed by atoms with E-state index in [0.717, 1.165) is 18.4 Å². The van der Waals surface area contributed by atoms with Gasteiger partial charge in [0.15, 0.2) is 5.69 Å². The van der Waals surface area contributed by atoms with Crippen molar-refractivity contribution < 1.29 is 14.4 Å². The second-order valence-corrected chi connectivity index (χ2v) is 9.89. The van der Waals surface area contributed by atoms with Crippen molar-refractivity contribution in [3.63, 3.8) is 0 Å². The fourth-order valence-electron chi connectivity index (χ4n) is 5.44. The molecule has 3 amide bonds. The highest BCUT2D eigenvalue weighted by Gasteiger charge is 2.56. The van der Waals surface area contributed by atoms with Crippen LogP contribution in [0.25, 0.3) is 10.9 Å². The van der Waals surface area contributed by atoms with Crippen molar-refractivity contribution in [1.82, 2.24) is 20.0 Å². The average Bonchev–Trinajstić information content (AvgIpc) is 3.69. The number of nitrogens with one attached hydrogen (secondary N) is 1. The number of amides is 3. The number of nitrogens with two attached hydrogens (primary N) is 1. The summed E-state index contributed by atoms with van der Waals surface area (Å²) in [6, 6.07) is 14.5. The molecule has 1 saturated heterocycles. The molecular formula is C25H24ClN5O3. The molecule has 8 nitrogen and oxygen atoms in total. The SMILES string of the molecule is NC(=O)c1nn(CC(=O)N2[C@@H]3C[C@@H]3C[C@H]2C(=O)N[C@H]2C[C@H]2c2ccccc2Cl)c2ccccc12. The number of rotatable bonds is 6. The Labute approximate surface area is 201 Å². The van der Waals surface area contributed by atoms with E-state index in [1.54, 1.807) is 23.1 Å². The minimum atomic E-state index is -0.638. The molecule has 6 rings (SSSR count). The summed E-state index contributed by atoms with van der Waals surface area (Å²) in [7, 11) is 0. The van der Waals surface area contributed by atoms with Gasteiger partial charge in [-0.2, -0.15) is 5.10 Å². The Morgan fingerprint density at radius 2 is 1.82 bits per heavy atom. The van der Waals surface area contributed by atoms with E-state index < -0.39 is 11.9 Å². The number of primary amides is 1. The highest BCUT2D eigenvalue weighted by atomic mass is 35.5. The van der Waals surface area contributed by atoms with Crippen LogP contribution in [0.1, 0.15) is 41.2 Å². The Balaban J connectivity index is 1.17. The van der Waals surface area contributed by atoms with Gasteiger partial charge in [0, 0.05) is 28.4 Å². The molecule has 0 bridgehead atoms. The molecule has 0 unspecified atom stereocenters. The van der Waals surface area contributed by atoms with Gasteiger partial charge in [0.05, 0.1) is 5.52 Å². The van der Waals surface area contributed by atoms with Crippen molar-refractivity contribution >= 4 is 40.2 Å². The maximum Gasteiger partial charge on any atom is 0.269 e. The molecule has 2 heterocycles. The van der Waals surface area contributed by atoms with Crippen molar-refractivity contribution in [3.8, 4) is 0 Å². The van der Waals surface area contributed by atoms with Crippen LogP contribution in [0.3, 0.4) is 0 Å². The molecular weight excluding hydrogens is 454 g/mol. The number of hydrogen-bond donors (Lipinski definition) is 2. The molecule has 3 fully saturated rings. The van der Waals surface area contributed by atoms with Gasteiger partial charge in [-0.05, 0) is 42.9 Å². The number of halogens is 1. The van der Waals surface area contributed by atoms with Gasteiger partial charge < -0.3 is 16.0 Å². The minimum absolute atomic E-state index is 0.0365. The normalized spacial score (nSPS) is 26.9. The maximum atomic E-state index is 13.4. The van der Waals surface area contributed by atoms with Crippen LogP contribution in [-0.4, -0.2) is 50.5 Å². The number of hydrogen-bond acceptors (Lipinski definition) is 4. The molecule has 174 valence electrons. The standard InChI is InChI=1S/C25H24ClN5O3/c26-17-7-3-1-5-14(17)16-11-18(16)28-25(34)21-10-13-9-20(13)31(21)22(32)12-30-19-8-4-2-6-15(19)23(29-30)24(27)33/h1-8,13,16,18,20-21H,9-12H2,(H2,27,33)(H,28,34)/t13-,16+,18+,20-,21+/m1/s1. The second-order valence-electron chi connectivity index (χ2n) is 9.48. The van der Waals surface area contributed by atoms with E-state index in [1.165, 1.54) is 4.68 Å². The largest absolute Gasteiger partial charge is 0.364 e. The molecule has 34 heavy (non-hydrogen) atoms. The minimum Gasteiger partial charge on any atom is -0.364 e. The smallest absolute Gasteiger partial charge is 0.269 e. The molecule has 0 spiro atoms. The summed E-state index contributed by atoms with van der Waals surface area (Å²) >= 11 is 6.31. The lowest BCUT2D eigenvalue weighted by Crippen LogP contribution is -2.49. The van der Waals surface area contributed by atoms with Crippen LogP contribution in [0.15, 0.2) is 48.5 Å². The lowest BCUT2D eigenvalue weighted by atomic mass is 10.1. The summed E-state index contributed by atoms with van der Waals surface area (Å²) in [4.78, 5) is 40.1. The van der Waals surface area contributed by atoms with Crippen LogP contribution in [0, 0.1) is 5.92 Å². The lowest BCUT2D eigenvalue weighted by Gasteiger charge is -2.27. The summed E-state index contributed by atoms with van der Waals surface area (Å²) in [6.07, 6.45) is 2.45. The Kier molecular flexibility index (Phi) is 4.88. The van der Waals surface area contributed by atoms with Gasteiger partial charge >= 0.3 is 0 Å². The van der Waals surface area contributed by atoms with Crippen LogP contribution in [-0.2, 0) is 16.1 Å². The Morgan fingerprint density at radius 3 is 2.62 bits per heavy atom. The van der Waals surface area contributed by atoms with Gasteiger partial charge in [0.25, 0.3) is 5.91 Å². The van der Waals surface area contributed by atoms with Crippen LogP contribution in [0.4, 0.5) is 0 Å². The zero-order valence-corrected chi connectivity index (χ0v) is 19.1. The van der Waals surface area contributed by atoms with Gasteiger partial charge in [-0.1, -0.05) is 48.0 Å². The van der Waals surface area contributed by atoms with Crippen LogP contribution >= 0.6 is 11.6 Å². The van der Waals surface area contributed by atoms with Gasteiger partial charge in [-0.3, -0.25) is 19.1 Å². The molecule has 3 N–H and O–H groups in total. The van der Waals surface area contributed by atoms with Crippen molar-refractivity contribution in [2.75, 3.05) is 0 Å². The molecule has 5 atom stereocenters. The van der Waals surface area contributed by atoms with Gasteiger partial charge in [0.2, 0.25) is 11.8 Å². The summed E-state index contributed by atoms with van der Waals surface area (Å²) in [5, 5.41) is 8.76. The summed E-state index contributed by atoms with van der Waals surface area (Å²) in [5.41, 5.74) is 7.33. The van der Waals surface area contributed by atoms with Crippen molar-refractivity contribution in [2.24, 2.45) is 11.7 Å². The van der Waals surface area contributed by atoms with E-state index >= 15 is 0 Å². The monoisotopic (exact) mass is 477 g/mol. The Morgan fingerprint density at radius 1 is 1.06 bits per heavy atom. The highest BCUT2D eigenvalue weighted by molar-refractivity contribution is 6.31. The maximum absolute atomic E-state index is 13.4. The van der Waals surface area contributed by atoms with Crippen LogP contribution < -0.4 is 11.1 Å². The van der Waals surface area contributed by atoms with Crippen molar-refractivity contribution in [2.45, 2.75) is 49.9 Å². The van der Waals surface area contributed by atoms with Gasteiger partial charge in [-0.15, -0.1) is 0 Å². The van der Waals surface area contributed by atoms with Crippen LogP contribution in [0.2, 0.25) is 5.02 Å². The summed E-state index contributed by atoms with van der Waals surface area (Å²) in [5.74, 6) is -0.342. The van der Waals surface area contributed by atoms with E-state index in [-0.39, 0.29) is 42.1 Å². The van der Waals surface area contributed by atoms with Crippen LogP contribution in [0.5, 0.6) is 0 Å². The molecule has 0 radical (unpaired) electrons. The molecule has 2 aromatic carbocycles. The first kappa shape index (κ1) is 21.2. The molecule has 2 saturated carbocycles. The number of carbonyl (C=O) groups is 3. The fourth-order valence-corrected chi connectivity index (χ4v) is 5.72. The van der Waals surface area contributed by atoms with Crippen molar-refractivity contribution in [3.05, 3.63) is 64.8 Å². The predicted octanol–water partition coefficient (Wildman–Crippen LogP) is 2.45. The zero-order chi connectivity index (χ0) is 23.6. The number of piperidine rings is 1. The number of aromatic nitrogens is 2. The summed E-state index contributed by atoms with van der Waals surface area (Å²) < 4.78 is 1.51. The second kappa shape index (κ2) is 7.84. The van der Waals surface area contributed by atoms with E-state index in [9.17, 15) is 14.4 Å². The Bertz CT molecular complexity index is 1340. The lowest BCUT2D eigenvalue weighted by molar-refractivity contribution is -0.140. The molecule has 3 aromatic rings. The number of benzene rings is 2. The highest BCUT2D eigenvalue weighted by Crippen LogP contribution is 2.49. The quantitative estimate of drug-likeness (QED) is 0.568. The first-order valence-electron chi connectivity index (χ1n) is 11.5. The van der Waals surface area contributed by atoms with Crippen molar-refractivity contribution in [1.29, 1.82) is 0 Å². The third kappa shape index (κ3) is 3.53. The zero-order valence-electron chi connectivity index (χ0n) is 18.4. The molecule has 1 aliphatic heterocycles. The third-order valence-electron chi connectivity index (χ3n) is 7.29. The number of fused-ring (bicyclic) bond motifs is 2. The third-order valence-corrected chi connectivity index (χ3v) is 7.64.